The molecule has 0 bridgehead atoms. The van der Waals surface area contributed by atoms with Gasteiger partial charge in [-0.25, -0.2) is 4.98 Å². The minimum Gasteiger partial charge on any atom is -0.431 e. The van der Waals surface area contributed by atoms with E-state index in [1.165, 1.54) is 11.8 Å². The van der Waals surface area contributed by atoms with E-state index in [1.54, 1.807) is 12.1 Å². The Bertz CT molecular complexity index is 2190. The highest BCUT2D eigenvalue weighted by molar-refractivity contribution is 7.99. The van der Waals surface area contributed by atoms with Gasteiger partial charge in [0.1, 0.15) is 5.69 Å². The third-order valence-electron chi connectivity index (χ3n) is 10.2. The van der Waals surface area contributed by atoms with Gasteiger partial charge in [0.2, 0.25) is 11.8 Å². The van der Waals surface area contributed by atoms with Crippen LogP contribution in [0.3, 0.4) is 0 Å². The number of rotatable bonds is 18. The Labute approximate surface area is 349 Å². The maximum Gasteiger partial charge on any atom is 0.256 e. The van der Waals surface area contributed by atoms with Crippen molar-refractivity contribution in [3.05, 3.63) is 156 Å². The van der Waals surface area contributed by atoms with E-state index in [0.717, 1.165) is 70.5 Å². The Morgan fingerprint density at radius 3 is 2.03 bits per heavy atom. The zero-order valence-corrected chi connectivity index (χ0v) is 33.7. The number of nitrogens with two attached hydrogens (primary N) is 1. The third-order valence-corrected chi connectivity index (χ3v) is 11.2. The van der Waals surface area contributed by atoms with Crippen LogP contribution in [0.15, 0.2) is 143 Å². The highest BCUT2D eigenvalue weighted by Crippen LogP contribution is 2.41. The van der Waals surface area contributed by atoms with Crippen molar-refractivity contribution in [2.24, 2.45) is 0 Å². The summed E-state index contributed by atoms with van der Waals surface area (Å²) in [6.45, 7) is 0.392. The second-order valence-corrected chi connectivity index (χ2v) is 15.6. The number of nitrogens with zero attached hydrogens (tertiary/aromatic N) is 1. The molecule has 0 aliphatic carbocycles. The van der Waals surface area contributed by atoms with Gasteiger partial charge < -0.3 is 35.4 Å². The Balaban J connectivity index is 0.923. The van der Waals surface area contributed by atoms with Crippen LogP contribution in [0, 0.1) is 0 Å². The molecule has 5 N–H and O–H groups in total. The van der Waals surface area contributed by atoms with Crippen LogP contribution in [-0.2, 0) is 32.2 Å². The average molecular weight is 811 g/mol. The van der Waals surface area contributed by atoms with E-state index in [-0.39, 0.29) is 30.6 Å². The molecule has 2 heterocycles. The van der Waals surface area contributed by atoms with Gasteiger partial charge in [-0.15, -0.1) is 0 Å². The number of nitrogen functional groups attached to an aromatic ring is 1. The molecule has 1 aliphatic rings. The highest BCUT2D eigenvalue weighted by Gasteiger charge is 2.33. The van der Waals surface area contributed by atoms with E-state index < -0.39 is 6.29 Å². The lowest BCUT2D eigenvalue weighted by atomic mass is 10.0. The molecule has 304 valence electrons. The molecule has 0 unspecified atom stereocenters. The second-order valence-electron chi connectivity index (χ2n) is 14.6. The van der Waals surface area contributed by atoms with Crippen LogP contribution in [0.5, 0.6) is 0 Å². The number of thioether (sulfide) groups is 1. The SMILES string of the molecule is Nc1ccccc1NC(=O)CCCCCCC(=O)NCc1ccc([C@@H]2O[C@H](CSc3nc(-c4ccccc4)c(-c4ccccc4)o3)C[C@H](c3ccc(CO)cc3)O2)cc1. The topological polar surface area (TPSA) is 149 Å². The van der Waals surface area contributed by atoms with Crippen LogP contribution in [-0.4, -0.2) is 33.8 Å². The third kappa shape index (κ3) is 11.7. The number of benzene rings is 5. The number of hydrogen-bond donors (Lipinski definition) is 4. The number of anilines is 2. The van der Waals surface area contributed by atoms with Crippen LogP contribution >= 0.6 is 11.8 Å². The fourth-order valence-corrected chi connectivity index (χ4v) is 7.80. The number of ether oxygens (including phenoxy) is 2. The quantitative estimate of drug-likeness (QED) is 0.0378. The standard InChI is InChI=1S/C48H50N4O6S/c49-40-17-11-12-18-41(40)51-44(55)20-10-2-1-9-19-43(54)50-30-33-21-27-38(28-22-33)47-56-39(29-42(57-47)35-25-23-34(31-53)24-26-35)32-59-48-52-45(36-13-5-3-6-14-36)46(58-48)37-15-7-4-8-16-37/h3-8,11-18,21-28,39,42,47,53H,1-2,9-10,19-20,29-32,49H2,(H,50,54)(H,51,55)/t39-,42+,47+/m0/s1. The number of nitrogens with one attached hydrogen (secondary N) is 2. The molecule has 1 saturated heterocycles. The summed E-state index contributed by atoms with van der Waals surface area (Å²) >= 11 is 1.52. The second kappa shape index (κ2) is 20.8. The van der Waals surface area contributed by atoms with Crippen molar-refractivity contribution >= 4 is 35.0 Å². The molecule has 0 saturated carbocycles. The average Bonchev–Trinajstić information content (AvgIpc) is 3.72. The van der Waals surface area contributed by atoms with Crippen LogP contribution in [0.4, 0.5) is 11.4 Å². The van der Waals surface area contributed by atoms with Crippen LogP contribution < -0.4 is 16.4 Å². The first-order chi connectivity index (χ1) is 28.9. The number of hydrogen-bond acceptors (Lipinski definition) is 9. The largest absolute Gasteiger partial charge is 0.431 e. The number of aliphatic hydroxyl groups is 1. The highest BCUT2D eigenvalue weighted by atomic mass is 32.2. The molecule has 10 nitrogen and oxygen atoms in total. The van der Waals surface area contributed by atoms with Crippen molar-refractivity contribution in [1.82, 2.24) is 10.3 Å². The Hall–Kier alpha value is -5.72. The number of carbonyl (C=O) groups excluding carboxylic acids is 2. The van der Waals surface area contributed by atoms with Crippen LogP contribution in [0.2, 0.25) is 0 Å². The maximum absolute atomic E-state index is 12.6. The summed E-state index contributed by atoms with van der Waals surface area (Å²) in [5.41, 5.74) is 13.5. The van der Waals surface area contributed by atoms with Crippen LogP contribution in [0.1, 0.15) is 79.6 Å². The number of amides is 2. The van der Waals surface area contributed by atoms with Crippen molar-refractivity contribution in [1.29, 1.82) is 0 Å². The first kappa shape index (κ1) is 41.4. The molecule has 11 heteroatoms. The Kier molecular flexibility index (Phi) is 14.6. The van der Waals surface area contributed by atoms with E-state index in [9.17, 15) is 14.7 Å². The van der Waals surface area contributed by atoms with Crippen molar-refractivity contribution in [2.75, 3.05) is 16.8 Å². The summed E-state index contributed by atoms with van der Waals surface area (Å²) in [6, 6.07) is 43.1. The predicted octanol–water partition coefficient (Wildman–Crippen LogP) is 10.0. The molecule has 1 fully saturated rings. The fourth-order valence-electron chi connectivity index (χ4n) is 6.96. The molecule has 1 aromatic heterocycles. The van der Waals surface area contributed by atoms with Gasteiger partial charge in [-0.05, 0) is 41.7 Å². The summed E-state index contributed by atoms with van der Waals surface area (Å²) in [5, 5.41) is 16.1. The summed E-state index contributed by atoms with van der Waals surface area (Å²) < 4.78 is 19.6. The Morgan fingerprint density at radius 2 is 1.34 bits per heavy atom. The lowest BCUT2D eigenvalue weighted by Crippen LogP contribution is -2.31. The summed E-state index contributed by atoms with van der Waals surface area (Å²) in [7, 11) is 0. The van der Waals surface area contributed by atoms with Crippen molar-refractivity contribution < 1.29 is 28.6 Å². The fraction of sp³-hybridized carbons (Fsp3) is 0.271. The van der Waals surface area contributed by atoms with Gasteiger partial charge in [-0.3, -0.25) is 9.59 Å². The zero-order valence-electron chi connectivity index (χ0n) is 32.9. The minimum absolute atomic E-state index is 0.00135. The number of carbonyl (C=O) groups is 2. The monoisotopic (exact) mass is 810 g/mol. The smallest absolute Gasteiger partial charge is 0.256 e. The van der Waals surface area contributed by atoms with Gasteiger partial charge >= 0.3 is 0 Å². The van der Waals surface area contributed by atoms with Crippen LogP contribution in [0.25, 0.3) is 22.6 Å². The molecular weight excluding hydrogens is 761 g/mol. The molecule has 5 aromatic carbocycles. The molecular formula is C48H50N4O6S. The van der Waals surface area contributed by atoms with E-state index in [2.05, 4.69) is 10.6 Å². The summed E-state index contributed by atoms with van der Waals surface area (Å²) in [5.74, 6) is 1.27. The van der Waals surface area contributed by atoms with Gasteiger partial charge in [0.05, 0.1) is 30.2 Å². The number of para-hydroxylation sites is 2. The first-order valence-corrected chi connectivity index (χ1v) is 21.2. The molecule has 7 rings (SSSR count). The van der Waals surface area contributed by atoms with Gasteiger partial charge in [-0.1, -0.05) is 146 Å². The minimum atomic E-state index is -0.618. The van der Waals surface area contributed by atoms with E-state index in [0.29, 0.717) is 48.2 Å². The van der Waals surface area contributed by atoms with Crippen molar-refractivity contribution in [3.8, 4) is 22.6 Å². The molecule has 1 aliphatic heterocycles. The summed E-state index contributed by atoms with van der Waals surface area (Å²) in [6.07, 6.45) is 3.70. The van der Waals surface area contributed by atoms with E-state index >= 15 is 0 Å². The Morgan fingerprint density at radius 1 is 0.712 bits per heavy atom. The lowest BCUT2D eigenvalue weighted by Gasteiger charge is -2.36. The van der Waals surface area contributed by atoms with E-state index in [4.69, 9.17) is 24.6 Å². The normalized spacial score (nSPS) is 16.4. The number of aliphatic hydroxyl groups excluding tert-OH is 1. The zero-order chi connectivity index (χ0) is 40.8. The maximum atomic E-state index is 12.6. The molecule has 2 amide bonds. The molecule has 0 radical (unpaired) electrons. The molecule has 0 spiro atoms. The van der Waals surface area contributed by atoms with Crippen molar-refractivity contribution in [3.63, 3.8) is 0 Å². The van der Waals surface area contributed by atoms with Gasteiger partial charge in [-0.2, -0.15) is 0 Å². The summed E-state index contributed by atoms with van der Waals surface area (Å²) in [4.78, 5) is 29.8. The van der Waals surface area contributed by atoms with E-state index in [1.807, 2.05) is 121 Å². The molecule has 6 aromatic rings. The number of unbranched alkanes of at least 4 members (excludes halogenated alkanes) is 3. The van der Waals surface area contributed by atoms with Gasteiger partial charge in [0, 0.05) is 48.3 Å². The molecule has 3 atom stereocenters. The van der Waals surface area contributed by atoms with Gasteiger partial charge in [0.25, 0.3) is 5.22 Å². The van der Waals surface area contributed by atoms with Gasteiger partial charge in [0.15, 0.2) is 12.1 Å². The first-order valence-electron chi connectivity index (χ1n) is 20.2. The molecule has 59 heavy (non-hydrogen) atoms. The number of oxazole rings is 1. The van der Waals surface area contributed by atoms with Crippen molar-refractivity contribution in [2.45, 2.75) is 81.8 Å². The predicted molar refractivity (Wildman–Crippen MR) is 232 cm³/mol. The number of aromatic nitrogens is 1. The lowest BCUT2D eigenvalue weighted by molar-refractivity contribution is -0.245.